The highest BCUT2D eigenvalue weighted by Crippen LogP contribution is 2.43. The van der Waals surface area contributed by atoms with E-state index in [0.717, 1.165) is 0 Å². The lowest BCUT2D eigenvalue weighted by molar-refractivity contribution is -0.142. The van der Waals surface area contributed by atoms with E-state index in [1.165, 1.54) is 6.92 Å². The number of hydrogen-bond acceptors (Lipinski definition) is 3. The van der Waals surface area contributed by atoms with Crippen LogP contribution in [0.15, 0.2) is 0 Å². The molecule has 1 rings (SSSR count). The zero-order chi connectivity index (χ0) is 11.1. The van der Waals surface area contributed by atoms with E-state index in [2.05, 4.69) is 0 Å². The molecule has 1 aliphatic heterocycles. The number of cyclic esters (lactones) is 1. The van der Waals surface area contributed by atoms with E-state index in [1.807, 2.05) is 0 Å². The van der Waals surface area contributed by atoms with Crippen molar-refractivity contribution >= 4 is 35.0 Å². The molecule has 3 nitrogen and oxygen atoms in total. The molecule has 5 heteroatoms. The Kier molecular flexibility index (Phi) is 2.85. The van der Waals surface area contributed by atoms with Crippen molar-refractivity contribution < 1.29 is 14.3 Å². The van der Waals surface area contributed by atoms with Gasteiger partial charge in [-0.2, -0.15) is 0 Å². The number of ketones is 1. The van der Waals surface area contributed by atoms with Crippen molar-refractivity contribution in [1.82, 2.24) is 0 Å². The van der Waals surface area contributed by atoms with Gasteiger partial charge in [-0.1, -0.05) is 11.6 Å². The summed E-state index contributed by atoms with van der Waals surface area (Å²) in [6, 6.07) is 0. The Bertz CT molecular complexity index is 282. The molecule has 1 heterocycles. The summed E-state index contributed by atoms with van der Waals surface area (Å²) in [7, 11) is 0. The van der Waals surface area contributed by atoms with Gasteiger partial charge in [0, 0.05) is 10.8 Å². The smallest absolute Gasteiger partial charge is 0.335 e. The van der Waals surface area contributed by atoms with E-state index < -0.39 is 27.4 Å². The summed E-state index contributed by atoms with van der Waals surface area (Å²) in [6.45, 7) is 4.79. The van der Waals surface area contributed by atoms with Gasteiger partial charge in [0.15, 0.2) is 5.78 Å². The summed E-state index contributed by atoms with van der Waals surface area (Å²) in [5.74, 6) is -1.60. The van der Waals surface area contributed by atoms with Gasteiger partial charge < -0.3 is 4.74 Å². The van der Waals surface area contributed by atoms with Gasteiger partial charge in [-0.25, -0.2) is 4.79 Å². The van der Waals surface area contributed by atoms with Crippen LogP contribution in [-0.4, -0.2) is 28.1 Å². The third-order valence-corrected chi connectivity index (χ3v) is 3.45. The highest BCUT2D eigenvalue weighted by molar-refractivity contribution is 6.47. The van der Waals surface area contributed by atoms with Crippen molar-refractivity contribution in [1.29, 1.82) is 0 Å². The summed E-state index contributed by atoms with van der Waals surface area (Å²) in [5.41, 5.74) is 0. The molecule has 0 unspecified atom stereocenters. The van der Waals surface area contributed by atoms with Gasteiger partial charge >= 0.3 is 5.97 Å². The fraction of sp³-hybridized carbons (Fsp3) is 0.778. The van der Waals surface area contributed by atoms with Crippen LogP contribution in [0, 0.1) is 5.92 Å². The minimum atomic E-state index is -1.61. The molecule has 0 spiro atoms. The molecule has 0 amide bonds. The predicted octanol–water partition coefficient (Wildman–Crippen LogP) is 1.74. The van der Waals surface area contributed by atoms with E-state index in [1.54, 1.807) is 13.8 Å². The standard InChI is InChI=1S/C9H12Cl2O3/c1-5(12)9(11)6(8(2,3)10)4-14-7(9)13/h6H,4H2,1-3H3/t6-,9-/m1/s1. The third-order valence-electron chi connectivity index (χ3n) is 2.50. The molecule has 0 aromatic carbocycles. The zero-order valence-corrected chi connectivity index (χ0v) is 9.78. The van der Waals surface area contributed by atoms with Crippen LogP contribution < -0.4 is 0 Å². The molecule has 1 fully saturated rings. The van der Waals surface area contributed by atoms with E-state index >= 15 is 0 Å². The average Bonchev–Trinajstić information content (AvgIpc) is 2.28. The maximum atomic E-state index is 11.4. The van der Waals surface area contributed by atoms with Crippen LogP contribution in [0.4, 0.5) is 0 Å². The van der Waals surface area contributed by atoms with Crippen molar-refractivity contribution in [3.63, 3.8) is 0 Å². The maximum absolute atomic E-state index is 11.4. The Morgan fingerprint density at radius 1 is 1.64 bits per heavy atom. The van der Waals surface area contributed by atoms with Crippen LogP contribution in [0.3, 0.4) is 0 Å². The monoisotopic (exact) mass is 238 g/mol. The zero-order valence-electron chi connectivity index (χ0n) is 8.27. The number of rotatable bonds is 2. The molecule has 0 saturated carbocycles. The fourth-order valence-electron chi connectivity index (χ4n) is 1.58. The largest absolute Gasteiger partial charge is 0.464 e. The van der Waals surface area contributed by atoms with Crippen molar-refractivity contribution in [3.8, 4) is 0 Å². The van der Waals surface area contributed by atoms with Crippen LogP contribution >= 0.6 is 23.2 Å². The number of alkyl halides is 2. The van der Waals surface area contributed by atoms with Crippen LogP contribution in [0.25, 0.3) is 0 Å². The van der Waals surface area contributed by atoms with E-state index in [9.17, 15) is 9.59 Å². The van der Waals surface area contributed by atoms with Crippen molar-refractivity contribution in [2.24, 2.45) is 5.92 Å². The van der Waals surface area contributed by atoms with Gasteiger partial charge in [0.25, 0.3) is 0 Å². The maximum Gasteiger partial charge on any atom is 0.335 e. The second-order valence-corrected chi connectivity index (χ2v) is 5.55. The number of halogens is 2. The average molecular weight is 239 g/mol. The Morgan fingerprint density at radius 3 is 2.43 bits per heavy atom. The highest BCUT2D eigenvalue weighted by Gasteiger charge is 2.59. The van der Waals surface area contributed by atoms with Gasteiger partial charge in [0.2, 0.25) is 4.87 Å². The summed E-state index contributed by atoms with van der Waals surface area (Å²) >= 11 is 12.1. The molecule has 0 bridgehead atoms. The van der Waals surface area contributed by atoms with Gasteiger partial charge in [-0.05, 0) is 20.8 Å². The third kappa shape index (κ3) is 1.63. The van der Waals surface area contributed by atoms with Crippen LogP contribution in [0.1, 0.15) is 20.8 Å². The molecule has 80 valence electrons. The Morgan fingerprint density at radius 2 is 2.14 bits per heavy atom. The Hall–Kier alpha value is -0.280. The van der Waals surface area contributed by atoms with E-state index in [4.69, 9.17) is 27.9 Å². The second kappa shape index (κ2) is 3.38. The van der Waals surface area contributed by atoms with Crippen LogP contribution in [0.2, 0.25) is 0 Å². The number of hydrogen-bond donors (Lipinski definition) is 0. The SMILES string of the molecule is CC(=O)[C@]1(Cl)C(=O)OC[C@@H]1C(C)(C)Cl. The Balaban J connectivity index is 3.11. The molecular weight excluding hydrogens is 227 g/mol. The van der Waals surface area contributed by atoms with Crippen molar-refractivity contribution in [2.75, 3.05) is 6.61 Å². The number of ether oxygens (including phenoxy) is 1. The lowest BCUT2D eigenvalue weighted by Crippen LogP contribution is -2.48. The number of carbonyl (C=O) groups is 2. The highest BCUT2D eigenvalue weighted by atomic mass is 35.5. The van der Waals surface area contributed by atoms with Crippen LogP contribution in [-0.2, 0) is 14.3 Å². The lowest BCUT2D eigenvalue weighted by atomic mass is 9.82. The Labute approximate surface area is 92.7 Å². The first-order chi connectivity index (χ1) is 6.20. The number of carbonyl (C=O) groups excluding carboxylic acids is 2. The molecule has 0 aliphatic carbocycles. The topological polar surface area (TPSA) is 43.4 Å². The van der Waals surface area contributed by atoms with Gasteiger partial charge in [0.05, 0.1) is 6.61 Å². The predicted molar refractivity (Wildman–Crippen MR) is 53.6 cm³/mol. The van der Waals surface area contributed by atoms with Crippen molar-refractivity contribution in [2.45, 2.75) is 30.5 Å². The van der Waals surface area contributed by atoms with Gasteiger partial charge in [-0.3, -0.25) is 4.79 Å². The first-order valence-electron chi connectivity index (χ1n) is 4.26. The molecule has 1 aliphatic rings. The molecule has 0 aromatic rings. The molecule has 0 radical (unpaired) electrons. The molecule has 0 aromatic heterocycles. The number of Topliss-reactive ketones (excluding diaryl/α,β-unsaturated/α-hetero) is 1. The summed E-state index contributed by atoms with van der Waals surface area (Å²) < 4.78 is 4.79. The first kappa shape index (κ1) is 11.8. The molecular formula is C9H12Cl2O3. The normalized spacial score (nSPS) is 32.9. The lowest BCUT2D eigenvalue weighted by Gasteiger charge is -2.30. The van der Waals surface area contributed by atoms with E-state index in [-0.39, 0.29) is 6.61 Å². The number of esters is 1. The second-order valence-electron chi connectivity index (χ2n) is 3.98. The fourth-order valence-corrected chi connectivity index (χ4v) is 2.25. The van der Waals surface area contributed by atoms with Gasteiger partial charge in [0.1, 0.15) is 0 Å². The van der Waals surface area contributed by atoms with Gasteiger partial charge in [-0.15, -0.1) is 11.6 Å². The molecule has 0 N–H and O–H groups in total. The van der Waals surface area contributed by atoms with Crippen molar-refractivity contribution in [3.05, 3.63) is 0 Å². The minimum absolute atomic E-state index is 0.0956. The molecule has 1 saturated heterocycles. The summed E-state index contributed by atoms with van der Waals surface area (Å²) in [6.07, 6.45) is 0. The van der Waals surface area contributed by atoms with Crippen LogP contribution in [0.5, 0.6) is 0 Å². The molecule has 2 atom stereocenters. The summed E-state index contributed by atoms with van der Waals surface area (Å²) in [4.78, 5) is 20.3. The van der Waals surface area contributed by atoms with E-state index in [0.29, 0.717) is 0 Å². The minimum Gasteiger partial charge on any atom is -0.464 e. The summed E-state index contributed by atoms with van der Waals surface area (Å²) in [5, 5.41) is 0. The molecule has 14 heavy (non-hydrogen) atoms. The first-order valence-corrected chi connectivity index (χ1v) is 5.02. The quantitative estimate of drug-likeness (QED) is 0.419.